The molecule has 1 aliphatic heterocycles. The van der Waals surface area contributed by atoms with E-state index in [4.69, 9.17) is 15.9 Å². The molecule has 0 fully saturated rings. The van der Waals surface area contributed by atoms with Crippen molar-refractivity contribution in [1.29, 1.82) is 0 Å². The van der Waals surface area contributed by atoms with Crippen LogP contribution in [0.1, 0.15) is 12.5 Å². The number of guanidine groups is 1. The van der Waals surface area contributed by atoms with Gasteiger partial charge in [0.05, 0.1) is 13.1 Å². The van der Waals surface area contributed by atoms with Gasteiger partial charge in [-0.05, 0) is 24.6 Å². The third-order valence-electron chi connectivity index (χ3n) is 2.56. The Morgan fingerprint density at radius 2 is 2.15 bits per heavy atom. The Bertz CT molecular complexity index is 512. The summed E-state index contributed by atoms with van der Waals surface area (Å²) >= 11 is 0. The SMILES string of the molecule is C#CCNC(=NCc1ccc2c(c1)OCO2)NCC.I. The van der Waals surface area contributed by atoms with E-state index in [0.717, 1.165) is 23.6 Å². The third-order valence-corrected chi connectivity index (χ3v) is 2.56. The Morgan fingerprint density at radius 1 is 1.35 bits per heavy atom. The fraction of sp³-hybridized carbons (Fsp3) is 0.357. The van der Waals surface area contributed by atoms with Crippen LogP contribution in [0.5, 0.6) is 11.5 Å². The Hall–Kier alpha value is -1.62. The van der Waals surface area contributed by atoms with Crippen LogP contribution in [0.3, 0.4) is 0 Å². The van der Waals surface area contributed by atoms with E-state index in [9.17, 15) is 0 Å². The Balaban J connectivity index is 0.00000200. The van der Waals surface area contributed by atoms with Gasteiger partial charge in [-0.1, -0.05) is 12.0 Å². The van der Waals surface area contributed by atoms with Gasteiger partial charge >= 0.3 is 0 Å². The summed E-state index contributed by atoms with van der Waals surface area (Å²) in [6.45, 7) is 4.09. The second kappa shape index (κ2) is 8.53. The monoisotopic (exact) mass is 387 g/mol. The molecule has 2 N–H and O–H groups in total. The number of ether oxygens (including phenoxy) is 2. The Labute approximate surface area is 136 Å². The molecule has 1 aromatic carbocycles. The van der Waals surface area contributed by atoms with Crippen molar-refractivity contribution in [2.45, 2.75) is 13.5 Å². The van der Waals surface area contributed by atoms with E-state index >= 15 is 0 Å². The minimum Gasteiger partial charge on any atom is -0.454 e. The van der Waals surface area contributed by atoms with Crippen molar-refractivity contribution >= 4 is 29.9 Å². The molecule has 2 rings (SSSR count). The van der Waals surface area contributed by atoms with E-state index in [1.807, 2.05) is 25.1 Å². The maximum Gasteiger partial charge on any atom is 0.231 e. The number of halogens is 1. The van der Waals surface area contributed by atoms with Crippen LogP contribution in [-0.4, -0.2) is 25.8 Å². The Morgan fingerprint density at radius 3 is 2.90 bits per heavy atom. The number of hydrogen-bond donors (Lipinski definition) is 2. The molecule has 0 unspecified atom stereocenters. The molecule has 0 radical (unpaired) electrons. The Kier molecular flexibility index (Phi) is 7.01. The highest BCUT2D eigenvalue weighted by Gasteiger charge is 2.12. The number of nitrogens with zero attached hydrogens (tertiary/aromatic N) is 1. The predicted octanol–water partition coefficient (Wildman–Crippen LogP) is 1.72. The van der Waals surface area contributed by atoms with Crippen LogP contribution in [-0.2, 0) is 6.54 Å². The number of rotatable bonds is 4. The third kappa shape index (κ3) is 4.49. The lowest BCUT2D eigenvalue weighted by Crippen LogP contribution is -2.37. The highest BCUT2D eigenvalue weighted by molar-refractivity contribution is 14.0. The van der Waals surface area contributed by atoms with E-state index in [2.05, 4.69) is 21.5 Å². The standard InChI is InChI=1S/C14H17N3O2.HI/c1-3-7-16-14(15-4-2)17-9-11-5-6-12-13(8-11)19-10-18-12;/h1,5-6,8H,4,7,9-10H2,2H3,(H2,15,16,17);1H. The van der Waals surface area contributed by atoms with Crippen molar-refractivity contribution in [3.63, 3.8) is 0 Å². The van der Waals surface area contributed by atoms with Gasteiger partial charge in [-0.3, -0.25) is 0 Å². The van der Waals surface area contributed by atoms with Gasteiger partial charge in [0.15, 0.2) is 17.5 Å². The van der Waals surface area contributed by atoms with Crippen LogP contribution in [0.4, 0.5) is 0 Å². The first-order chi connectivity index (χ1) is 9.33. The zero-order chi connectivity index (χ0) is 13.5. The first-order valence-electron chi connectivity index (χ1n) is 6.17. The molecule has 20 heavy (non-hydrogen) atoms. The summed E-state index contributed by atoms with van der Waals surface area (Å²) in [6.07, 6.45) is 5.22. The molecular formula is C14H18IN3O2. The van der Waals surface area contributed by atoms with Gasteiger partial charge in [0.25, 0.3) is 0 Å². The van der Waals surface area contributed by atoms with Crippen LogP contribution in [0.15, 0.2) is 23.2 Å². The molecule has 0 atom stereocenters. The minimum atomic E-state index is 0. The first kappa shape index (κ1) is 16.4. The van der Waals surface area contributed by atoms with Crippen LogP contribution >= 0.6 is 24.0 Å². The minimum absolute atomic E-state index is 0. The average Bonchev–Trinajstić information content (AvgIpc) is 2.89. The van der Waals surface area contributed by atoms with Gasteiger partial charge in [-0.25, -0.2) is 4.99 Å². The van der Waals surface area contributed by atoms with Crippen LogP contribution in [0.2, 0.25) is 0 Å². The van der Waals surface area contributed by atoms with Crippen LogP contribution < -0.4 is 20.1 Å². The lowest BCUT2D eigenvalue weighted by molar-refractivity contribution is 0.174. The molecule has 0 spiro atoms. The summed E-state index contributed by atoms with van der Waals surface area (Å²) in [5, 5.41) is 6.17. The molecule has 5 nitrogen and oxygen atoms in total. The van der Waals surface area contributed by atoms with E-state index < -0.39 is 0 Å². The molecule has 1 aliphatic rings. The summed E-state index contributed by atoms with van der Waals surface area (Å²) in [7, 11) is 0. The van der Waals surface area contributed by atoms with Gasteiger partial charge in [-0.15, -0.1) is 30.4 Å². The van der Waals surface area contributed by atoms with Gasteiger partial charge in [-0.2, -0.15) is 0 Å². The molecule has 0 bridgehead atoms. The molecule has 108 valence electrons. The van der Waals surface area contributed by atoms with Crippen molar-refractivity contribution in [1.82, 2.24) is 10.6 Å². The zero-order valence-electron chi connectivity index (χ0n) is 11.3. The van der Waals surface area contributed by atoms with E-state index in [0.29, 0.717) is 19.0 Å². The number of hydrogen-bond acceptors (Lipinski definition) is 3. The summed E-state index contributed by atoms with van der Waals surface area (Å²) in [6, 6.07) is 5.81. The van der Waals surface area contributed by atoms with E-state index in [1.54, 1.807) is 0 Å². The second-order valence-electron chi connectivity index (χ2n) is 3.94. The van der Waals surface area contributed by atoms with Crippen molar-refractivity contribution in [3.8, 4) is 23.8 Å². The molecule has 0 saturated heterocycles. The molecule has 1 aromatic rings. The van der Waals surface area contributed by atoms with E-state index in [1.165, 1.54) is 0 Å². The van der Waals surface area contributed by atoms with Crippen molar-refractivity contribution in [3.05, 3.63) is 23.8 Å². The number of nitrogens with one attached hydrogen (secondary N) is 2. The van der Waals surface area contributed by atoms with Gasteiger partial charge < -0.3 is 20.1 Å². The van der Waals surface area contributed by atoms with E-state index in [-0.39, 0.29) is 30.8 Å². The fourth-order valence-electron chi connectivity index (χ4n) is 1.69. The quantitative estimate of drug-likeness (QED) is 0.358. The summed E-state index contributed by atoms with van der Waals surface area (Å²) in [5.41, 5.74) is 1.06. The highest BCUT2D eigenvalue weighted by atomic mass is 127. The van der Waals surface area contributed by atoms with Gasteiger partial charge in [0, 0.05) is 6.54 Å². The average molecular weight is 387 g/mol. The fourth-order valence-corrected chi connectivity index (χ4v) is 1.69. The second-order valence-corrected chi connectivity index (χ2v) is 3.94. The molecule has 6 heteroatoms. The lowest BCUT2D eigenvalue weighted by Gasteiger charge is -2.08. The first-order valence-corrected chi connectivity index (χ1v) is 6.17. The van der Waals surface area contributed by atoms with Crippen molar-refractivity contribution in [2.24, 2.45) is 4.99 Å². The predicted molar refractivity (Wildman–Crippen MR) is 89.6 cm³/mol. The molecule has 1 heterocycles. The lowest BCUT2D eigenvalue weighted by atomic mass is 10.2. The van der Waals surface area contributed by atoms with Gasteiger partial charge in [0.1, 0.15) is 0 Å². The van der Waals surface area contributed by atoms with Gasteiger partial charge in [0.2, 0.25) is 6.79 Å². The summed E-state index contributed by atoms with van der Waals surface area (Å²) in [5.74, 6) is 4.78. The largest absolute Gasteiger partial charge is 0.454 e. The molecule has 0 amide bonds. The molecule has 0 aromatic heterocycles. The van der Waals surface area contributed by atoms with Crippen LogP contribution in [0, 0.1) is 12.3 Å². The smallest absolute Gasteiger partial charge is 0.231 e. The van der Waals surface area contributed by atoms with Crippen molar-refractivity contribution in [2.75, 3.05) is 19.9 Å². The number of terminal acetylenes is 1. The number of fused-ring (bicyclic) bond motifs is 1. The zero-order valence-corrected chi connectivity index (χ0v) is 13.6. The summed E-state index contributed by atoms with van der Waals surface area (Å²) < 4.78 is 10.6. The maximum absolute atomic E-state index is 5.33. The molecular weight excluding hydrogens is 369 g/mol. The van der Waals surface area contributed by atoms with Crippen molar-refractivity contribution < 1.29 is 9.47 Å². The highest BCUT2D eigenvalue weighted by Crippen LogP contribution is 2.32. The summed E-state index contributed by atoms with van der Waals surface area (Å²) in [4.78, 5) is 4.45. The topological polar surface area (TPSA) is 54.9 Å². The van der Waals surface area contributed by atoms with Crippen LogP contribution in [0.25, 0.3) is 0 Å². The molecule has 0 saturated carbocycles. The maximum atomic E-state index is 5.33. The molecule has 0 aliphatic carbocycles. The normalized spacial score (nSPS) is 12.3. The number of aliphatic imine (C=N–C) groups is 1. The number of benzene rings is 1.